The Labute approximate surface area is 211 Å². The third-order valence-corrected chi connectivity index (χ3v) is 7.16. The Bertz CT molecular complexity index is 1490. The molecule has 0 aliphatic heterocycles. The predicted molar refractivity (Wildman–Crippen MR) is 142 cm³/mol. The molecule has 0 bridgehead atoms. The lowest BCUT2D eigenvalue weighted by Crippen LogP contribution is -2.30. The number of benzene rings is 3. The molecule has 36 heavy (non-hydrogen) atoms. The molecule has 1 N–H and O–H groups in total. The molecular weight excluding hydrogens is 475 g/mol. The highest BCUT2D eigenvalue weighted by Crippen LogP contribution is 2.31. The van der Waals surface area contributed by atoms with Crippen LogP contribution in [0.2, 0.25) is 0 Å². The quantitative estimate of drug-likeness (QED) is 0.329. The Morgan fingerprint density at radius 2 is 1.69 bits per heavy atom. The highest BCUT2D eigenvalue weighted by atomic mass is 32.2. The van der Waals surface area contributed by atoms with Crippen molar-refractivity contribution in [2.24, 2.45) is 0 Å². The smallest absolute Gasteiger partial charge is 0.224 e. The van der Waals surface area contributed by atoms with Gasteiger partial charge in [0.1, 0.15) is 15.7 Å². The second-order valence-corrected chi connectivity index (χ2v) is 11.2. The standard InChI is InChI=1S/C29H29FN2O3S/c1-3-26(21-12-9-13-22(30)18-21)31-28(33)19-25-23-14-7-8-15-27(23)32-29(20-10-5-4-6-11-20)24(25)16-17-36(2,34)35/h4-15,18,26H,3,16-17,19H2,1-2H3,(H,31,33). The fourth-order valence-corrected chi connectivity index (χ4v) is 5.04. The van der Waals surface area contributed by atoms with E-state index >= 15 is 0 Å². The zero-order valence-electron chi connectivity index (χ0n) is 20.4. The molecule has 4 aromatic rings. The van der Waals surface area contributed by atoms with Gasteiger partial charge < -0.3 is 5.32 Å². The van der Waals surface area contributed by atoms with Crippen molar-refractivity contribution in [3.05, 3.63) is 101 Å². The topological polar surface area (TPSA) is 76.1 Å². The van der Waals surface area contributed by atoms with Crippen molar-refractivity contribution in [1.29, 1.82) is 0 Å². The fourth-order valence-electron chi connectivity index (χ4n) is 4.46. The first-order valence-electron chi connectivity index (χ1n) is 11.9. The lowest BCUT2D eigenvalue weighted by molar-refractivity contribution is -0.121. The van der Waals surface area contributed by atoms with Crippen molar-refractivity contribution in [1.82, 2.24) is 10.3 Å². The molecule has 1 aromatic heterocycles. The number of carbonyl (C=O) groups excluding carboxylic acids is 1. The number of hydrogen-bond acceptors (Lipinski definition) is 4. The highest BCUT2D eigenvalue weighted by Gasteiger charge is 2.21. The first-order chi connectivity index (χ1) is 17.2. The molecule has 1 unspecified atom stereocenters. The van der Waals surface area contributed by atoms with Gasteiger partial charge in [-0.05, 0) is 47.7 Å². The van der Waals surface area contributed by atoms with Crippen LogP contribution in [0.3, 0.4) is 0 Å². The minimum atomic E-state index is -3.25. The van der Waals surface area contributed by atoms with Gasteiger partial charge in [-0.25, -0.2) is 17.8 Å². The van der Waals surface area contributed by atoms with Crippen molar-refractivity contribution < 1.29 is 17.6 Å². The molecule has 0 fully saturated rings. The Balaban J connectivity index is 1.78. The van der Waals surface area contributed by atoms with Crippen LogP contribution in [-0.2, 0) is 27.5 Å². The SMILES string of the molecule is CCC(NC(=O)Cc1c(CCS(C)(=O)=O)c(-c2ccccc2)nc2ccccc12)c1cccc(F)c1. The third-order valence-electron chi connectivity index (χ3n) is 6.21. The Morgan fingerprint density at radius 1 is 0.972 bits per heavy atom. The molecule has 0 saturated carbocycles. The maximum absolute atomic E-state index is 13.8. The van der Waals surface area contributed by atoms with Gasteiger partial charge in [0.05, 0.1) is 29.4 Å². The van der Waals surface area contributed by atoms with E-state index < -0.39 is 9.84 Å². The number of nitrogens with one attached hydrogen (secondary N) is 1. The maximum atomic E-state index is 13.8. The van der Waals surface area contributed by atoms with Crippen LogP contribution in [-0.4, -0.2) is 31.3 Å². The highest BCUT2D eigenvalue weighted by molar-refractivity contribution is 7.90. The number of nitrogens with zero attached hydrogens (tertiary/aromatic N) is 1. The molecule has 1 atom stereocenters. The van der Waals surface area contributed by atoms with Crippen molar-refractivity contribution in [3.63, 3.8) is 0 Å². The number of fused-ring (bicyclic) bond motifs is 1. The molecular formula is C29H29FN2O3S. The van der Waals surface area contributed by atoms with E-state index in [9.17, 15) is 17.6 Å². The summed E-state index contributed by atoms with van der Waals surface area (Å²) < 4.78 is 38.0. The summed E-state index contributed by atoms with van der Waals surface area (Å²) in [5.74, 6) is -0.625. The fraction of sp³-hybridized carbons (Fsp3) is 0.241. The summed E-state index contributed by atoms with van der Waals surface area (Å²) in [5.41, 5.74) is 4.48. The van der Waals surface area contributed by atoms with E-state index in [0.29, 0.717) is 17.7 Å². The van der Waals surface area contributed by atoms with Gasteiger partial charge in [-0.3, -0.25) is 4.79 Å². The molecule has 1 amide bonds. The number of halogens is 1. The summed E-state index contributed by atoms with van der Waals surface area (Å²) >= 11 is 0. The van der Waals surface area contributed by atoms with Crippen LogP contribution >= 0.6 is 0 Å². The van der Waals surface area contributed by atoms with Crippen LogP contribution in [0.1, 0.15) is 36.1 Å². The second kappa shape index (κ2) is 11.0. The number of carbonyl (C=O) groups is 1. The largest absolute Gasteiger partial charge is 0.349 e. The van der Waals surface area contributed by atoms with Crippen molar-refractivity contribution >= 4 is 26.6 Å². The number of rotatable bonds is 9. The number of aromatic nitrogens is 1. The number of hydrogen-bond donors (Lipinski definition) is 1. The normalized spacial score (nSPS) is 12.4. The Hall–Kier alpha value is -3.58. The molecule has 0 spiro atoms. The average molecular weight is 505 g/mol. The van der Waals surface area contributed by atoms with E-state index in [1.54, 1.807) is 12.1 Å². The van der Waals surface area contributed by atoms with E-state index in [1.165, 1.54) is 18.4 Å². The number of amides is 1. The summed E-state index contributed by atoms with van der Waals surface area (Å²) in [6.07, 6.45) is 2.10. The molecule has 4 rings (SSSR count). The first kappa shape index (κ1) is 25.5. The lowest BCUT2D eigenvalue weighted by Gasteiger charge is -2.20. The average Bonchev–Trinajstić information content (AvgIpc) is 2.86. The van der Waals surface area contributed by atoms with Gasteiger partial charge in [0.2, 0.25) is 5.91 Å². The summed E-state index contributed by atoms with van der Waals surface area (Å²) in [6.45, 7) is 1.93. The third kappa shape index (κ3) is 6.15. The summed E-state index contributed by atoms with van der Waals surface area (Å²) in [4.78, 5) is 18.2. The number of pyridine rings is 1. The molecule has 0 aliphatic rings. The van der Waals surface area contributed by atoms with E-state index in [0.717, 1.165) is 27.6 Å². The molecule has 0 saturated heterocycles. The summed E-state index contributed by atoms with van der Waals surface area (Å²) in [6, 6.07) is 23.1. The van der Waals surface area contributed by atoms with Gasteiger partial charge in [-0.15, -0.1) is 0 Å². The van der Waals surface area contributed by atoms with Crippen LogP contribution in [0.15, 0.2) is 78.9 Å². The van der Waals surface area contributed by atoms with Gasteiger partial charge in [0.25, 0.3) is 0 Å². The van der Waals surface area contributed by atoms with Crippen LogP contribution < -0.4 is 5.32 Å². The van der Waals surface area contributed by atoms with E-state index in [2.05, 4.69) is 5.32 Å². The van der Waals surface area contributed by atoms with Crippen molar-refractivity contribution in [2.45, 2.75) is 32.2 Å². The Morgan fingerprint density at radius 3 is 2.39 bits per heavy atom. The number of para-hydroxylation sites is 1. The van der Waals surface area contributed by atoms with Crippen LogP contribution in [0.5, 0.6) is 0 Å². The van der Waals surface area contributed by atoms with Gasteiger partial charge >= 0.3 is 0 Å². The van der Waals surface area contributed by atoms with Crippen molar-refractivity contribution in [3.8, 4) is 11.3 Å². The van der Waals surface area contributed by atoms with Crippen LogP contribution in [0.25, 0.3) is 22.2 Å². The molecule has 0 radical (unpaired) electrons. The predicted octanol–water partition coefficient (Wildman–Crippen LogP) is 5.44. The molecule has 0 aliphatic carbocycles. The summed E-state index contributed by atoms with van der Waals surface area (Å²) in [5, 5.41) is 3.85. The van der Waals surface area contributed by atoms with Crippen LogP contribution in [0.4, 0.5) is 4.39 Å². The zero-order valence-corrected chi connectivity index (χ0v) is 21.2. The number of sulfone groups is 1. The first-order valence-corrected chi connectivity index (χ1v) is 14.0. The second-order valence-electron chi connectivity index (χ2n) is 8.94. The molecule has 3 aromatic carbocycles. The monoisotopic (exact) mass is 504 g/mol. The van der Waals surface area contributed by atoms with Crippen molar-refractivity contribution in [2.75, 3.05) is 12.0 Å². The van der Waals surface area contributed by atoms with Gasteiger partial charge in [-0.2, -0.15) is 0 Å². The molecule has 5 nitrogen and oxygen atoms in total. The minimum Gasteiger partial charge on any atom is -0.349 e. The molecule has 7 heteroatoms. The van der Waals surface area contributed by atoms with Crippen LogP contribution in [0, 0.1) is 5.82 Å². The van der Waals surface area contributed by atoms with E-state index in [4.69, 9.17) is 4.98 Å². The van der Waals surface area contributed by atoms with Gasteiger partial charge in [0.15, 0.2) is 0 Å². The van der Waals surface area contributed by atoms with E-state index in [1.807, 2.05) is 61.5 Å². The molecule has 186 valence electrons. The Kier molecular flexibility index (Phi) is 7.79. The van der Waals surface area contributed by atoms with Gasteiger partial charge in [-0.1, -0.05) is 67.6 Å². The summed E-state index contributed by atoms with van der Waals surface area (Å²) in [7, 11) is -3.25. The zero-order chi connectivity index (χ0) is 25.7. The maximum Gasteiger partial charge on any atom is 0.224 e. The minimum absolute atomic E-state index is 0.0494. The van der Waals surface area contributed by atoms with E-state index in [-0.39, 0.29) is 36.4 Å². The lowest BCUT2D eigenvalue weighted by atomic mass is 9.92. The molecule has 1 heterocycles. The van der Waals surface area contributed by atoms with Gasteiger partial charge in [0, 0.05) is 17.2 Å².